The monoisotopic (exact) mass is 401 g/mol. The Labute approximate surface area is 170 Å². The molecule has 1 saturated carbocycles. The van der Waals surface area contributed by atoms with Crippen LogP contribution in [0.15, 0.2) is 35.5 Å². The molecule has 0 N–H and O–H groups in total. The van der Waals surface area contributed by atoms with Gasteiger partial charge < -0.3 is 14.5 Å². The molecule has 1 aromatic carbocycles. The number of rotatable bonds is 7. The summed E-state index contributed by atoms with van der Waals surface area (Å²) < 4.78 is 7.69. The van der Waals surface area contributed by atoms with Gasteiger partial charge in [-0.2, -0.15) is 0 Å². The quantitative estimate of drug-likeness (QED) is 0.665. The van der Waals surface area contributed by atoms with E-state index in [0.717, 1.165) is 55.9 Å². The molecule has 0 bridgehead atoms. The van der Waals surface area contributed by atoms with Crippen molar-refractivity contribution in [2.75, 3.05) is 41.9 Å². The SMILES string of the molecule is CC(C)N(C(=O)CSc1nnc(N2CCOCC2)n1C1CC1)c1ccccc1. The molecule has 1 aliphatic carbocycles. The third-order valence-electron chi connectivity index (χ3n) is 5.00. The summed E-state index contributed by atoms with van der Waals surface area (Å²) in [5.41, 5.74) is 0.931. The van der Waals surface area contributed by atoms with E-state index in [1.165, 1.54) is 11.8 Å². The summed E-state index contributed by atoms with van der Waals surface area (Å²) in [4.78, 5) is 17.1. The molecule has 0 radical (unpaired) electrons. The van der Waals surface area contributed by atoms with Crippen LogP contribution in [0.25, 0.3) is 0 Å². The normalized spacial score (nSPS) is 17.2. The van der Waals surface area contributed by atoms with Crippen molar-refractivity contribution >= 4 is 29.3 Å². The van der Waals surface area contributed by atoms with Crippen LogP contribution in [0.3, 0.4) is 0 Å². The number of anilines is 2. The van der Waals surface area contributed by atoms with E-state index in [0.29, 0.717) is 11.8 Å². The molecule has 2 heterocycles. The highest BCUT2D eigenvalue weighted by molar-refractivity contribution is 7.99. The lowest BCUT2D eigenvalue weighted by Crippen LogP contribution is -2.38. The number of carbonyl (C=O) groups excluding carboxylic acids is 1. The van der Waals surface area contributed by atoms with Crippen molar-refractivity contribution in [3.8, 4) is 0 Å². The maximum Gasteiger partial charge on any atom is 0.237 e. The second kappa shape index (κ2) is 8.53. The predicted octanol–water partition coefficient (Wildman–Crippen LogP) is 2.98. The molecule has 0 unspecified atom stereocenters. The fourth-order valence-electron chi connectivity index (χ4n) is 3.51. The van der Waals surface area contributed by atoms with Crippen LogP contribution in [0.4, 0.5) is 11.6 Å². The Hall–Kier alpha value is -2.06. The van der Waals surface area contributed by atoms with E-state index in [-0.39, 0.29) is 11.9 Å². The van der Waals surface area contributed by atoms with Gasteiger partial charge >= 0.3 is 0 Å². The van der Waals surface area contributed by atoms with Crippen molar-refractivity contribution in [3.05, 3.63) is 30.3 Å². The van der Waals surface area contributed by atoms with Gasteiger partial charge in [0.15, 0.2) is 5.16 Å². The smallest absolute Gasteiger partial charge is 0.237 e. The number of aromatic nitrogens is 3. The van der Waals surface area contributed by atoms with Crippen LogP contribution in [0.2, 0.25) is 0 Å². The fourth-order valence-corrected chi connectivity index (χ4v) is 4.37. The number of thioether (sulfide) groups is 1. The summed E-state index contributed by atoms with van der Waals surface area (Å²) in [6.45, 7) is 7.20. The summed E-state index contributed by atoms with van der Waals surface area (Å²) in [5.74, 6) is 1.36. The van der Waals surface area contributed by atoms with Crippen LogP contribution in [0.5, 0.6) is 0 Å². The molecule has 7 nitrogen and oxygen atoms in total. The lowest BCUT2D eigenvalue weighted by molar-refractivity contribution is -0.116. The molecule has 0 spiro atoms. The Morgan fingerprint density at radius 3 is 2.57 bits per heavy atom. The molecule has 4 rings (SSSR count). The molecular formula is C20H27N5O2S. The molecular weight excluding hydrogens is 374 g/mol. The van der Waals surface area contributed by atoms with Crippen molar-refractivity contribution in [1.29, 1.82) is 0 Å². The Kier molecular flexibility index (Phi) is 5.87. The van der Waals surface area contributed by atoms with Crippen molar-refractivity contribution in [2.24, 2.45) is 0 Å². The van der Waals surface area contributed by atoms with E-state index in [1.807, 2.05) is 49.1 Å². The molecule has 2 aromatic rings. The molecule has 150 valence electrons. The Morgan fingerprint density at radius 2 is 1.93 bits per heavy atom. The largest absolute Gasteiger partial charge is 0.378 e. The number of amides is 1. The molecule has 1 aromatic heterocycles. The number of carbonyl (C=O) groups is 1. The van der Waals surface area contributed by atoms with Gasteiger partial charge in [-0.15, -0.1) is 10.2 Å². The molecule has 1 amide bonds. The Bertz CT molecular complexity index is 800. The molecule has 8 heteroatoms. The zero-order valence-electron chi connectivity index (χ0n) is 16.5. The maximum atomic E-state index is 13.0. The Morgan fingerprint density at radius 1 is 1.21 bits per heavy atom. The average Bonchev–Trinajstić information content (AvgIpc) is 3.46. The van der Waals surface area contributed by atoms with E-state index in [9.17, 15) is 4.79 Å². The summed E-state index contributed by atoms with van der Waals surface area (Å²) in [5, 5.41) is 9.72. The highest BCUT2D eigenvalue weighted by Gasteiger charge is 2.32. The number of ether oxygens (including phenoxy) is 1. The van der Waals surface area contributed by atoms with Gasteiger partial charge in [0.05, 0.1) is 19.0 Å². The summed E-state index contributed by atoms with van der Waals surface area (Å²) in [6, 6.07) is 10.4. The highest BCUT2D eigenvalue weighted by atomic mass is 32.2. The summed E-state index contributed by atoms with van der Waals surface area (Å²) in [7, 11) is 0. The van der Waals surface area contributed by atoms with Crippen molar-refractivity contribution in [3.63, 3.8) is 0 Å². The topological polar surface area (TPSA) is 63.5 Å². The number of para-hydroxylation sites is 1. The standard InChI is InChI=1S/C20H27N5O2S/c1-15(2)24(16-6-4-3-5-7-16)18(26)14-28-20-22-21-19(25(20)17-8-9-17)23-10-12-27-13-11-23/h3-7,15,17H,8-14H2,1-2H3. The zero-order valence-corrected chi connectivity index (χ0v) is 17.3. The molecule has 28 heavy (non-hydrogen) atoms. The van der Waals surface area contributed by atoms with E-state index < -0.39 is 0 Å². The number of benzene rings is 1. The van der Waals surface area contributed by atoms with Crippen LogP contribution in [0, 0.1) is 0 Å². The van der Waals surface area contributed by atoms with Crippen LogP contribution >= 0.6 is 11.8 Å². The van der Waals surface area contributed by atoms with Crippen molar-refractivity contribution in [1.82, 2.24) is 14.8 Å². The summed E-state index contributed by atoms with van der Waals surface area (Å²) in [6.07, 6.45) is 2.30. The van der Waals surface area contributed by atoms with E-state index in [1.54, 1.807) is 0 Å². The van der Waals surface area contributed by atoms with Crippen LogP contribution in [-0.2, 0) is 9.53 Å². The fraction of sp³-hybridized carbons (Fsp3) is 0.550. The van der Waals surface area contributed by atoms with Gasteiger partial charge in [-0.1, -0.05) is 30.0 Å². The van der Waals surface area contributed by atoms with Crippen LogP contribution in [0.1, 0.15) is 32.7 Å². The van der Waals surface area contributed by atoms with E-state index in [2.05, 4.69) is 19.7 Å². The number of hydrogen-bond donors (Lipinski definition) is 0. The minimum absolute atomic E-state index is 0.0875. The second-order valence-electron chi connectivity index (χ2n) is 7.46. The minimum atomic E-state index is 0.0875. The number of morpholine rings is 1. The van der Waals surface area contributed by atoms with Crippen LogP contribution < -0.4 is 9.80 Å². The lowest BCUT2D eigenvalue weighted by Gasteiger charge is -2.28. The first-order valence-corrected chi connectivity index (χ1v) is 10.9. The van der Waals surface area contributed by atoms with Crippen LogP contribution in [-0.4, -0.2) is 58.8 Å². The lowest BCUT2D eigenvalue weighted by atomic mass is 10.2. The molecule has 1 aliphatic heterocycles. The van der Waals surface area contributed by atoms with Gasteiger partial charge in [-0.05, 0) is 38.8 Å². The van der Waals surface area contributed by atoms with Gasteiger partial charge in [-0.3, -0.25) is 9.36 Å². The molecule has 2 fully saturated rings. The summed E-state index contributed by atoms with van der Waals surface area (Å²) >= 11 is 1.49. The van der Waals surface area contributed by atoms with Crippen molar-refractivity contribution < 1.29 is 9.53 Å². The van der Waals surface area contributed by atoms with E-state index >= 15 is 0 Å². The van der Waals surface area contributed by atoms with Gasteiger partial charge in [0.1, 0.15) is 0 Å². The first-order valence-electron chi connectivity index (χ1n) is 9.92. The zero-order chi connectivity index (χ0) is 19.5. The molecule has 1 saturated heterocycles. The minimum Gasteiger partial charge on any atom is -0.378 e. The van der Waals surface area contributed by atoms with Gasteiger partial charge in [0.25, 0.3) is 0 Å². The third kappa shape index (κ3) is 4.17. The third-order valence-corrected chi connectivity index (χ3v) is 5.92. The molecule has 2 aliphatic rings. The first kappa shape index (κ1) is 19.3. The highest BCUT2D eigenvalue weighted by Crippen LogP contribution is 2.41. The number of nitrogens with zero attached hydrogens (tertiary/aromatic N) is 5. The predicted molar refractivity (Wildman–Crippen MR) is 111 cm³/mol. The van der Waals surface area contributed by atoms with Gasteiger partial charge in [0.2, 0.25) is 11.9 Å². The number of hydrogen-bond acceptors (Lipinski definition) is 6. The Balaban J connectivity index is 1.48. The van der Waals surface area contributed by atoms with Crippen molar-refractivity contribution in [2.45, 2.75) is 43.9 Å². The van der Waals surface area contributed by atoms with Gasteiger partial charge in [0, 0.05) is 30.9 Å². The maximum absolute atomic E-state index is 13.0. The molecule has 0 atom stereocenters. The first-order chi connectivity index (χ1) is 13.6. The average molecular weight is 402 g/mol. The second-order valence-corrected chi connectivity index (χ2v) is 8.41. The van der Waals surface area contributed by atoms with Gasteiger partial charge in [-0.25, -0.2) is 0 Å². The van der Waals surface area contributed by atoms with E-state index in [4.69, 9.17) is 4.74 Å².